The van der Waals surface area contributed by atoms with Gasteiger partial charge in [-0.1, -0.05) is 0 Å². The zero-order chi connectivity index (χ0) is 25.4. The number of aliphatic carboxylic acids is 1. The number of hydrogen-bond donors (Lipinski definition) is 8. The van der Waals surface area contributed by atoms with Crippen LogP contribution in [0, 0.1) is 0 Å². The Bertz CT molecular complexity index is 661. The Morgan fingerprint density at radius 1 is 1.03 bits per heavy atom. The van der Waals surface area contributed by atoms with Gasteiger partial charge in [-0.3, -0.25) is 4.79 Å². The molecule has 0 aliphatic carbocycles. The summed E-state index contributed by atoms with van der Waals surface area (Å²) < 4.78 is 22.1. The molecule has 2 rings (SSSR count). The van der Waals surface area contributed by atoms with Gasteiger partial charge in [0.15, 0.2) is 18.7 Å². The van der Waals surface area contributed by atoms with Gasteiger partial charge in [-0.15, -0.1) is 0 Å². The lowest BCUT2D eigenvalue weighted by Crippen LogP contribution is -2.68. The lowest BCUT2D eigenvalue weighted by atomic mass is 9.95. The minimum Gasteiger partial charge on any atom is -0.479 e. The third kappa shape index (κ3) is 7.44. The molecule has 2 fully saturated rings. The summed E-state index contributed by atoms with van der Waals surface area (Å²) >= 11 is 1.63. The summed E-state index contributed by atoms with van der Waals surface area (Å²) in [7, 11) is 0. The smallest absolute Gasteiger partial charge is 0.335 e. The van der Waals surface area contributed by atoms with E-state index in [2.05, 4.69) is 5.32 Å². The van der Waals surface area contributed by atoms with Crippen molar-refractivity contribution in [3.63, 3.8) is 0 Å². The second kappa shape index (κ2) is 13.8. The van der Waals surface area contributed by atoms with Crippen LogP contribution in [0.15, 0.2) is 0 Å². The number of carboxylic acid groups (broad SMARTS) is 1. The monoisotopic (exact) mass is 514 g/mol. The van der Waals surface area contributed by atoms with Gasteiger partial charge in [-0.05, 0) is 12.2 Å². The van der Waals surface area contributed by atoms with E-state index in [1.165, 1.54) is 6.92 Å². The number of aliphatic hydroxyl groups excluding tert-OH is 5. The van der Waals surface area contributed by atoms with Gasteiger partial charge in [0, 0.05) is 19.2 Å². The van der Waals surface area contributed by atoms with Crippen LogP contribution in [-0.2, 0) is 28.5 Å². The number of amides is 1. The topological polar surface area (TPSA) is 230 Å². The van der Waals surface area contributed by atoms with Crippen molar-refractivity contribution in [2.75, 3.05) is 31.3 Å². The highest BCUT2D eigenvalue weighted by atomic mass is 32.2. The molecule has 9 N–H and O–H groups in total. The largest absolute Gasteiger partial charge is 0.479 e. The molecule has 2 saturated heterocycles. The van der Waals surface area contributed by atoms with E-state index in [1.807, 2.05) is 0 Å². The van der Waals surface area contributed by atoms with Gasteiger partial charge in [0.05, 0.1) is 13.2 Å². The number of thioether (sulfide) groups is 1. The lowest BCUT2D eigenvalue weighted by molar-refractivity contribution is -0.340. The van der Waals surface area contributed by atoms with Crippen LogP contribution in [0.4, 0.5) is 0 Å². The molecule has 0 saturated carbocycles. The van der Waals surface area contributed by atoms with Crippen molar-refractivity contribution in [3.05, 3.63) is 0 Å². The van der Waals surface area contributed by atoms with Crippen LogP contribution < -0.4 is 11.1 Å². The van der Waals surface area contributed by atoms with Gasteiger partial charge in [-0.25, -0.2) is 4.79 Å². The van der Waals surface area contributed by atoms with Gasteiger partial charge in [-0.2, -0.15) is 11.8 Å². The fraction of sp³-hybridized carbons (Fsp3) is 0.895. The van der Waals surface area contributed by atoms with E-state index in [0.717, 1.165) is 11.5 Å². The molecule has 0 radical (unpaired) electrons. The van der Waals surface area contributed by atoms with Crippen molar-refractivity contribution in [2.24, 2.45) is 5.73 Å². The average molecular weight is 515 g/mol. The van der Waals surface area contributed by atoms with Crippen molar-refractivity contribution in [1.29, 1.82) is 0 Å². The molecular weight excluding hydrogens is 480 g/mol. The zero-order valence-corrected chi connectivity index (χ0v) is 19.5. The maximum absolute atomic E-state index is 11.8. The van der Waals surface area contributed by atoms with Crippen LogP contribution in [0.25, 0.3) is 0 Å². The van der Waals surface area contributed by atoms with Crippen molar-refractivity contribution in [3.8, 4) is 0 Å². The van der Waals surface area contributed by atoms with Crippen LogP contribution in [-0.4, -0.2) is 135 Å². The lowest BCUT2D eigenvalue weighted by Gasteiger charge is -2.47. The number of carbonyl (C=O) groups excluding carboxylic acids is 1. The fourth-order valence-corrected chi connectivity index (χ4v) is 4.32. The number of aliphatic hydroxyl groups is 5. The Kier molecular flexibility index (Phi) is 11.9. The molecule has 2 aliphatic heterocycles. The highest BCUT2D eigenvalue weighted by Gasteiger charge is 2.52. The predicted molar refractivity (Wildman–Crippen MR) is 115 cm³/mol. The molecule has 1 amide bonds. The molecule has 0 unspecified atom stereocenters. The number of carboxylic acids is 1. The maximum Gasteiger partial charge on any atom is 0.335 e. The summed E-state index contributed by atoms with van der Waals surface area (Å²) in [5.41, 5.74) is 5.45. The SMILES string of the molecule is CC(=O)N[C@H]1[C@H](OCCCSCCN)O[C@H](CO)[C@@H](O)[C@@H]1O[C@@H]1O[C@H](C(=O)O)[C@@H](O)[C@H](O)[C@H]1O. The van der Waals surface area contributed by atoms with E-state index >= 15 is 0 Å². The first-order valence-corrected chi connectivity index (χ1v) is 12.0. The van der Waals surface area contributed by atoms with E-state index in [9.17, 15) is 40.2 Å². The molecule has 0 bridgehead atoms. The molecule has 10 atom stereocenters. The van der Waals surface area contributed by atoms with E-state index in [0.29, 0.717) is 13.0 Å². The summed E-state index contributed by atoms with van der Waals surface area (Å²) in [6, 6.07) is -1.16. The maximum atomic E-state index is 11.8. The van der Waals surface area contributed by atoms with Crippen LogP contribution in [0.3, 0.4) is 0 Å². The number of nitrogens with two attached hydrogens (primary N) is 1. The number of rotatable bonds is 12. The standard InChI is InChI=1S/C19H34N2O12S/c1-8(23)21-10-15(32-19-14(27)12(25)13(26)16(33-19)17(28)29)11(24)9(7-22)31-18(10)30-4-2-5-34-6-3-20/h9-16,18-19,22,24-27H,2-7,20H2,1H3,(H,21,23)(H,28,29)/t9-,10-,11-,12+,13+,14-,15-,16+,18-,19-/m1/s1. The number of nitrogens with one attached hydrogen (secondary N) is 1. The minimum atomic E-state index is -1.93. The van der Waals surface area contributed by atoms with Crippen LogP contribution in [0.2, 0.25) is 0 Å². The van der Waals surface area contributed by atoms with Crippen LogP contribution >= 0.6 is 11.8 Å². The molecule has 198 valence electrons. The number of carbonyl (C=O) groups is 2. The second-order valence-corrected chi connectivity index (χ2v) is 9.13. The summed E-state index contributed by atoms with van der Waals surface area (Å²) in [5, 5.41) is 62.3. The fourth-order valence-electron chi connectivity index (χ4n) is 3.63. The van der Waals surface area contributed by atoms with Crippen molar-refractivity contribution >= 4 is 23.6 Å². The van der Waals surface area contributed by atoms with Crippen LogP contribution in [0.5, 0.6) is 0 Å². The Balaban J connectivity index is 2.19. The Hall–Kier alpha value is -1.11. The van der Waals surface area contributed by atoms with Gasteiger partial charge >= 0.3 is 5.97 Å². The van der Waals surface area contributed by atoms with Crippen molar-refractivity contribution in [1.82, 2.24) is 5.32 Å². The molecule has 15 heteroatoms. The molecule has 0 aromatic rings. The summed E-state index contributed by atoms with van der Waals surface area (Å²) in [4.78, 5) is 23.2. The highest BCUT2D eigenvalue weighted by molar-refractivity contribution is 7.99. The quantitative estimate of drug-likeness (QED) is 0.116. The van der Waals surface area contributed by atoms with Crippen molar-refractivity contribution < 1.29 is 59.2 Å². The molecule has 0 aromatic heterocycles. The second-order valence-electron chi connectivity index (χ2n) is 7.90. The van der Waals surface area contributed by atoms with Crippen LogP contribution in [0.1, 0.15) is 13.3 Å². The van der Waals surface area contributed by atoms with E-state index in [1.54, 1.807) is 11.8 Å². The molecule has 0 aromatic carbocycles. The average Bonchev–Trinajstić information content (AvgIpc) is 2.79. The zero-order valence-electron chi connectivity index (χ0n) is 18.6. The Labute approximate surface area is 200 Å². The van der Waals surface area contributed by atoms with Crippen molar-refractivity contribution in [2.45, 2.75) is 74.7 Å². The first-order chi connectivity index (χ1) is 16.1. The first-order valence-electron chi connectivity index (χ1n) is 10.8. The first kappa shape index (κ1) is 29.1. The molecule has 2 heterocycles. The Morgan fingerprint density at radius 2 is 1.74 bits per heavy atom. The predicted octanol–water partition coefficient (Wildman–Crippen LogP) is -4.05. The van der Waals surface area contributed by atoms with Gasteiger partial charge in [0.1, 0.15) is 42.7 Å². The third-order valence-electron chi connectivity index (χ3n) is 5.31. The summed E-state index contributed by atoms with van der Waals surface area (Å²) in [6.07, 6.45) is -14.2. The van der Waals surface area contributed by atoms with E-state index in [4.69, 9.17) is 24.7 Å². The molecule has 14 nitrogen and oxygen atoms in total. The third-order valence-corrected chi connectivity index (χ3v) is 6.41. The number of hydrogen-bond acceptors (Lipinski definition) is 13. The molecular formula is C19H34N2O12S. The van der Waals surface area contributed by atoms with Gasteiger partial charge < -0.3 is 60.6 Å². The van der Waals surface area contributed by atoms with Gasteiger partial charge in [0.25, 0.3) is 0 Å². The minimum absolute atomic E-state index is 0.202. The molecule has 2 aliphatic rings. The van der Waals surface area contributed by atoms with E-state index < -0.39 is 79.8 Å². The molecule has 0 spiro atoms. The Morgan fingerprint density at radius 3 is 2.32 bits per heavy atom. The summed E-state index contributed by atoms with van der Waals surface area (Å²) in [6.45, 7) is 1.30. The summed E-state index contributed by atoms with van der Waals surface area (Å²) in [5.74, 6) is -0.613. The highest BCUT2D eigenvalue weighted by Crippen LogP contribution is 2.30. The normalized spacial score (nSPS) is 38.4. The van der Waals surface area contributed by atoms with E-state index in [-0.39, 0.29) is 6.61 Å². The van der Waals surface area contributed by atoms with Gasteiger partial charge in [0.2, 0.25) is 5.91 Å². The number of ether oxygens (including phenoxy) is 4. The molecule has 34 heavy (non-hydrogen) atoms.